The number of allylic oxidation sites excluding steroid dienone is 3. The molecular weight excluding hydrogens is 442 g/mol. The van der Waals surface area contributed by atoms with Crippen molar-refractivity contribution in [3.05, 3.63) is 24.3 Å². The topological polar surface area (TPSA) is 127 Å². The van der Waals surface area contributed by atoms with Crippen molar-refractivity contribution in [3.8, 4) is 0 Å². The molecular formula is C25H41NO6S. The zero-order chi connectivity index (χ0) is 25.0. The van der Waals surface area contributed by atoms with Crippen molar-refractivity contribution < 1.29 is 30.0 Å². The van der Waals surface area contributed by atoms with Gasteiger partial charge in [0.1, 0.15) is 11.6 Å². The summed E-state index contributed by atoms with van der Waals surface area (Å²) in [5, 5.41) is 45.2. The third kappa shape index (κ3) is 5.84. The monoisotopic (exact) mass is 483 g/mol. The number of carbonyl (C=O) groups is 2. The fourth-order valence-corrected chi connectivity index (χ4v) is 7.53. The minimum absolute atomic E-state index is 0.0401. The third-order valence-corrected chi connectivity index (χ3v) is 9.42. The molecule has 0 spiro atoms. The quantitative estimate of drug-likeness (QED) is 0.302. The van der Waals surface area contributed by atoms with E-state index in [2.05, 4.69) is 25.7 Å². The number of aliphatic carboxylic acids is 1. The molecule has 0 aliphatic heterocycles. The summed E-state index contributed by atoms with van der Waals surface area (Å²) in [7, 11) is 0. The zero-order valence-electron chi connectivity index (χ0n) is 20.3. The van der Waals surface area contributed by atoms with E-state index in [0.717, 1.165) is 24.8 Å². The number of carboxylic acid groups (broad SMARTS) is 1. The van der Waals surface area contributed by atoms with E-state index in [1.54, 1.807) is 6.08 Å². The van der Waals surface area contributed by atoms with Gasteiger partial charge in [-0.2, -0.15) is 11.8 Å². The molecule has 1 amide bonds. The lowest BCUT2D eigenvalue weighted by Crippen LogP contribution is -2.66. The van der Waals surface area contributed by atoms with Gasteiger partial charge in [-0.1, -0.05) is 44.6 Å². The van der Waals surface area contributed by atoms with E-state index >= 15 is 0 Å². The van der Waals surface area contributed by atoms with E-state index in [1.165, 1.54) is 18.7 Å². The summed E-state index contributed by atoms with van der Waals surface area (Å²) in [6, 6.07) is -1.06. The summed E-state index contributed by atoms with van der Waals surface area (Å²) < 4.78 is 0. The van der Waals surface area contributed by atoms with Crippen molar-refractivity contribution in [2.45, 2.75) is 77.5 Å². The Morgan fingerprint density at radius 2 is 1.94 bits per heavy atom. The fourth-order valence-electron chi connectivity index (χ4n) is 6.23. The largest absolute Gasteiger partial charge is 0.480 e. The van der Waals surface area contributed by atoms with Crippen molar-refractivity contribution in [1.82, 2.24) is 5.32 Å². The van der Waals surface area contributed by atoms with Crippen LogP contribution < -0.4 is 5.32 Å². The number of fused-ring (bicyclic) bond motifs is 1. The van der Waals surface area contributed by atoms with Gasteiger partial charge in [-0.05, 0) is 49.4 Å². The highest BCUT2D eigenvalue weighted by Crippen LogP contribution is 2.63. The highest BCUT2D eigenvalue weighted by molar-refractivity contribution is 7.99. The van der Waals surface area contributed by atoms with Crippen LogP contribution in [-0.2, 0) is 9.59 Å². The number of rotatable bonds is 10. The van der Waals surface area contributed by atoms with E-state index in [9.17, 15) is 30.0 Å². The summed E-state index contributed by atoms with van der Waals surface area (Å²) in [6.07, 6.45) is 6.45. The van der Waals surface area contributed by atoms with Crippen LogP contribution in [0.1, 0.15) is 59.8 Å². The minimum Gasteiger partial charge on any atom is -0.480 e. The average molecular weight is 484 g/mol. The lowest BCUT2D eigenvalue weighted by Gasteiger charge is -2.63. The SMILES string of the molecule is C=C/C(C)=C/C[C@@H]1[C@@]2(C)CCCC(C)(CO)[C@@H]2C[C@H](O)[C@]1(O)CSC[C@H](NC(C)=O)C(=O)O. The molecule has 7 atom stereocenters. The van der Waals surface area contributed by atoms with E-state index in [1.807, 2.05) is 13.0 Å². The van der Waals surface area contributed by atoms with E-state index < -0.39 is 29.6 Å². The molecule has 33 heavy (non-hydrogen) atoms. The smallest absolute Gasteiger partial charge is 0.327 e. The predicted molar refractivity (Wildman–Crippen MR) is 131 cm³/mol. The molecule has 1 unspecified atom stereocenters. The first-order valence-corrected chi connectivity index (χ1v) is 12.9. The lowest BCUT2D eigenvalue weighted by atomic mass is 9.44. The maximum absolute atomic E-state index is 11.9. The summed E-state index contributed by atoms with van der Waals surface area (Å²) in [5.74, 6) is -1.54. The van der Waals surface area contributed by atoms with Gasteiger partial charge in [0.2, 0.25) is 5.91 Å². The molecule has 0 aromatic rings. The second kappa shape index (κ2) is 10.9. The average Bonchev–Trinajstić information content (AvgIpc) is 2.74. The molecule has 2 saturated carbocycles. The van der Waals surface area contributed by atoms with Crippen LogP contribution in [0.3, 0.4) is 0 Å². The molecule has 5 N–H and O–H groups in total. The molecule has 0 bridgehead atoms. The van der Waals surface area contributed by atoms with Crippen LogP contribution in [0.4, 0.5) is 0 Å². The highest BCUT2D eigenvalue weighted by atomic mass is 32.2. The van der Waals surface area contributed by atoms with E-state index in [-0.39, 0.29) is 40.8 Å². The fraction of sp³-hybridized carbons (Fsp3) is 0.760. The normalized spacial score (nSPS) is 37.7. The van der Waals surface area contributed by atoms with Crippen LogP contribution in [0.2, 0.25) is 0 Å². The van der Waals surface area contributed by atoms with Gasteiger partial charge < -0.3 is 25.7 Å². The number of carboxylic acids is 1. The van der Waals surface area contributed by atoms with Gasteiger partial charge in [-0.25, -0.2) is 4.79 Å². The molecule has 0 aromatic heterocycles. The third-order valence-electron chi connectivity index (χ3n) is 8.19. The van der Waals surface area contributed by atoms with Crippen LogP contribution in [-0.4, -0.2) is 68.2 Å². The first-order chi connectivity index (χ1) is 15.3. The van der Waals surface area contributed by atoms with Gasteiger partial charge in [0.15, 0.2) is 0 Å². The Balaban J connectivity index is 2.36. The molecule has 2 aliphatic rings. The Morgan fingerprint density at radius 1 is 1.27 bits per heavy atom. The number of nitrogens with one attached hydrogen (secondary N) is 1. The highest BCUT2D eigenvalue weighted by Gasteiger charge is 2.63. The number of amides is 1. The molecule has 8 heteroatoms. The molecule has 2 fully saturated rings. The summed E-state index contributed by atoms with van der Waals surface area (Å²) >= 11 is 1.23. The number of aliphatic hydroxyl groups is 3. The Hall–Kier alpha value is -1.35. The van der Waals surface area contributed by atoms with Crippen molar-refractivity contribution in [1.29, 1.82) is 0 Å². The first-order valence-electron chi connectivity index (χ1n) is 11.7. The molecule has 2 rings (SSSR count). The maximum atomic E-state index is 11.9. The zero-order valence-corrected chi connectivity index (χ0v) is 21.2. The van der Waals surface area contributed by atoms with E-state index in [4.69, 9.17) is 0 Å². The second-order valence-electron chi connectivity index (χ2n) is 10.5. The van der Waals surface area contributed by atoms with Crippen LogP contribution in [0.5, 0.6) is 0 Å². The molecule has 0 saturated heterocycles. The summed E-state index contributed by atoms with van der Waals surface area (Å²) in [6.45, 7) is 11.3. The Morgan fingerprint density at radius 3 is 2.48 bits per heavy atom. The van der Waals surface area contributed by atoms with Crippen LogP contribution in [0.15, 0.2) is 24.3 Å². The molecule has 2 aliphatic carbocycles. The van der Waals surface area contributed by atoms with Crippen molar-refractivity contribution in [2.24, 2.45) is 22.7 Å². The van der Waals surface area contributed by atoms with Gasteiger partial charge >= 0.3 is 5.97 Å². The standard InChI is InChI=1S/C25H41NO6S/c1-6-16(2)8-9-19-24(5)11-7-10-23(4,14-27)20(24)12-21(29)25(19,32)15-33-13-18(22(30)31)26-17(3)28/h6,8,18-21,27,29,32H,1,7,9-15H2,2-5H3,(H,26,28)(H,30,31)/b16-8+/t18-,19+,20-,21-,23?,24+,25-/m0/s1. The van der Waals surface area contributed by atoms with Crippen molar-refractivity contribution in [2.75, 3.05) is 18.1 Å². The van der Waals surface area contributed by atoms with Crippen molar-refractivity contribution in [3.63, 3.8) is 0 Å². The summed E-state index contributed by atoms with van der Waals surface area (Å²) in [4.78, 5) is 22.8. The van der Waals surface area contributed by atoms with Crippen LogP contribution in [0, 0.1) is 22.7 Å². The number of carbonyl (C=O) groups excluding carboxylic acids is 1. The van der Waals surface area contributed by atoms with Gasteiger partial charge in [0.05, 0.1) is 6.10 Å². The number of hydrogen-bond acceptors (Lipinski definition) is 6. The molecule has 0 aromatic carbocycles. The Bertz CT molecular complexity index is 772. The molecule has 0 heterocycles. The second-order valence-corrected chi connectivity index (χ2v) is 11.5. The predicted octanol–water partition coefficient (Wildman–Crippen LogP) is 2.75. The molecule has 7 nitrogen and oxygen atoms in total. The van der Waals surface area contributed by atoms with Gasteiger partial charge in [-0.15, -0.1) is 0 Å². The maximum Gasteiger partial charge on any atom is 0.327 e. The van der Waals surface area contributed by atoms with Gasteiger partial charge in [0.25, 0.3) is 0 Å². The van der Waals surface area contributed by atoms with Gasteiger partial charge in [-0.3, -0.25) is 4.79 Å². The summed E-state index contributed by atoms with van der Waals surface area (Å²) in [5.41, 5.74) is -1.06. The minimum atomic E-state index is -1.43. The lowest BCUT2D eigenvalue weighted by molar-refractivity contribution is -0.222. The van der Waals surface area contributed by atoms with Crippen molar-refractivity contribution >= 4 is 23.6 Å². The van der Waals surface area contributed by atoms with Gasteiger partial charge in [0, 0.05) is 31.0 Å². The molecule has 188 valence electrons. The van der Waals surface area contributed by atoms with Crippen LogP contribution >= 0.6 is 11.8 Å². The number of thioether (sulfide) groups is 1. The Kier molecular flexibility index (Phi) is 9.24. The Labute approximate surface area is 201 Å². The molecule has 0 radical (unpaired) electrons. The first kappa shape index (κ1) is 27.9. The van der Waals surface area contributed by atoms with E-state index in [0.29, 0.717) is 12.8 Å². The number of aliphatic hydroxyl groups excluding tert-OH is 2. The number of hydrogen-bond donors (Lipinski definition) is 5. The van der Waals surface area contributed by atoms with Crippen LogP contribution in [0.25, 0.3) is 0 Å².